The Morgan fingerprint density at radius 2 is 0.913 bits per heavy atom. The maximum absolute atomic E-state index is 10.4. The molecule has 0 bridgehead atoms. The molecule has 8 nitrogen and oxygen atoms in total. The molecule has 0 aliphatic heterocycles. The molecule has 0 aliphatic carbocycles. The van der Waals surface area contributed by atoms with Gasteiger partial charge in [-0.05, 0) is 24.3 Å². The number of rotatable bonds is 2. The van der Waals surface area contributed by atoms with Crippen molar-refractivity contribution < 1.29 is 25.9 Å². The van der Waals surface area contributed by atoms with Crippen LogP contribution in [0, 0.1) is 0 Å². The topological polar surface area (TPSA) is 166 Å². The van der Waals surface area contributed by atoms with Crippen molar-refractivity contribution in [3.63, 3.8) is 0 Å². The fraction of sp³-hybridized carbons (Fsp3) is 0. The summed E-state index contributed by atoms with van der Waals surface area (Å²) >= 11 is 0. The van der Waals surface area contributed by atoms with Crippen molar-refractivity contribution in [1.29, 1.82) is 0 Å². The van der Waals surface area contributed by atoms with Crippen LogP contribution in [0.15, 0.2) is 58.3 Å². The number of hydrogen-bond acceptors (Lipinski definition) is 8. The molecule has 23 heavy (non-hydrogen) atoms. The molecule has 2 aromatic carbocycles. The van der Waals surface area contributed by atoms with Crippen LogP contribution < -0.4 is 11.5 Å². The SMILES string of the molecule is Nc1ccccc1S(=O)(=O)[O-].Nc1ccccc1S(=O)(=O)[O-].[Ca+2]. The molecule has 0 heterocycles. The predicted octanol–water partition coefficient (Wildman–Crippen LogP) is -0.0350. The number of nitrogens with two attached hydrogens (primary N) is 2. The second-order valence-electron chi connectivity index (χ2n) is 3.98. The summed E-state index contributed by atoms with van der Waals surface area (Å²) in [6.45, 7) is 0. The zero-order valence-electron chi connectivity index (χ0n) is 11.7. The van der Waals surface area contributed by atoms with Gasteiger partial charge in [0.2, 0.25) is 0 Å². The molecule has 0 fully saturated rings. The molecule has 4 N–H and O–H groups in total. The largest absolute Gasteiger partial charge is 2.00 e. The van der Waals surface area contributed by atoms with Gasteiger partial charge in [0.1, 0.15) is 20.2 Å². The van der Waals surface area contributed by atoms with E-state index in [-0.39, 0.29) is 58.9 Å². The molecule has 0 amide bonds. The summed E-state index contributed by atoms with van der Waals surface area (Å²) in [5.41, 5.74) is 10.4. The minimum atomic E-state index is -4.41. The third-order valence-corrected chi connectivity index (χ3v) is 4.20. The van der Waals surface area contributed by atoms with Gasteiger partial charge < -0.3 is 20.6 Å². The van der Waals surface area contributed by atoms with Crippen molar-refractivity contribution in [3.8, 4) is 0 Å². The summed E-state index contributed by atoms with van der Waals surface area (Å²) in [5.74, 6) is 0. The Labute approximate surface area is 164 Å². The van der Waals surface area contributed by atoms with Crippen LogP contribution in [0.3, 0.4) is 0 Å². The minimum Gasteiger partial charge on any atom is -0.744 e. The third-order valence-electron chi connectivity index (χ3n) is 2.38. The molecule has 11 heteroatoms. The first-order chi connectivity index (χ1) is 10.0. The zero-order valence-corrected chi connectivity index (χ0v) is 15.6. The second-order valence-corrected chi connectivity index (χ2v) is 6.68. The van der Waals surface area contributed by atoms with Gasteiger partial charge in [0, 0.05) is 11.4 Å². The number of hydrogen-bond donors (Lipinski definition) is 2. The molecule has 0 radical (unpaired) electrons. The van der Waals surface area contributed by atoms with E-state index in [9.17, 15) is 25.9 Å². The van der Waals surface area contributed by atoms with Crippen LogP contribution in [0.5, 0.6) is 0 Å². The Morgan fingerprint density at radius 3 is 1.09 bits per heavy atom. The van der Waals surface area contributed by atoms with Crippen molar-refractivity contribution in [2.45, 2.75) is 9.79 Å². The summed E-state index contributed by atoms with van der Waals surface area (Å²) in [4.78, 5) is -0.722. The van der Waals surface area contributed by atoms with Crippen LogP contribution >= 0.6 is 0 Å². The fourth-order valence-corrected chi connectivity index (χ4v) is 2.62. The Balaban J connectivity index is 0.000000403. The van der Waals surface area contributed by atoms with Crippen LogP contribution in [0.2, 0.25) is 0 Å². The Hall–Kier alpha value is -0.880. The second kappa shape index (κ2) is 8.83. The average molecular weight is 384 g/mol. The van der Waals surface area contributed by atoms with Crippen molar-refractivity contribution in [3.05, 3.63) is 48.5 Å². The molecular formula is C12H12CaN2O6S2. The van der Waals surface area contributed by atoms with Crippen LogP contribution in [0.25, 0.3) is 0 Å². The molecule has 0 saturated carbocycles. The van der Waals surface area contributed by atoms with E-state index >= 15 is 0 Å². The Morgan fingerprint density at radius 1 is 0.652 bits per heavy atom. The number of para-hydroxylation sites is 2. The van der Waals surface area contributed by atoms with Gasteiger partial charge in [0.15, 0.2) is 0 Å². The molecule has 0 atom stereocenters. The molecular weight excluding hydrogens is 372 g/mol. The summed E-state index contributed by atoms with van der Waals surface area (Å²) in [6.07, 6.45) is 0. The van der Waals surface area contributed by atoms with E-state index in [0.29, 0.717) is 0 Å². The Kier molecular flexibility index (Phi) is 8.49. The van der Waals surface area contributed by atoms with E-state index in [1.165, 1.54) is 36.4 Å². The molecule has 2 aromatic rings. The fourth-order valence-electron chi connectivity index (χ4n) is 1.42. The smallest absolute Gasteiger partial charge is 0.744 e. The summed E-state index contributed by atoms with van der Waals surface area (Å²) in [7, 11) is -8.82. The standard InChI is InChI=1S/2C6H7NO3S.Ca/c2*7-5-3-1-2-4-6(5)11(8,9)10;/h2*1-4H,7H2,(H,8,9,10);/q;;+2/p-2. The molecule has 0 unspecified atom stereocenters. The van der Waals surface area contributed by atoms with Gasteiger partial charge in [-0.15, -0.1) is 0 Å². The summed E-state index contributed by atoms with van der Waals surface area (Å²) in [6, 6.07) is 11.1. The van der Waals surface area contributed by atoms with Gasteiger partial charge in [-0.1, -0.05) is 24.3 Å². The maximum Gasteiger partial charge on any atom is 2.00 e. The molecule has 0 aliphatic rings. The average Bonchev–Trinajstić information content (AvgIpc) is 2.37. The first-order valence-electron chi connectivity index (χ1n) is 5.64. The van der Waals surface area contributed by atoms with E-state index in [0.717, 1.165) is 0 Å². The van der Waals surface area contributed by atoms with Crippen molar-refractivity contribution in [2.75, 3.05) is 11.5 Å². The molecule has 0 saturated heterocycles. The molecule has 120 valence electrons. The maximum atomic E-state index is 10.4. The number of nitrogen functional groups attached to an aromatic ring is 2. The van der Waals surface area contributed by atoms with Crippen molar-refractivity contribution >= 4 is 69.3 Å². The third kappa shape index (κ3) is 7.04. The van der Waals surface area contributed by atoms with Crippen molar-refractivity contribution in [2.24, 2.45) is 0 Å². The summed E-state index contributed by atoms with van der Waals surface area (Å²) in [5, 5.41) is 0. The van der Waals surface area contributed by atoms with Gasteiger partial charge >= 0.3 is 37.7 Å². The zero-order chi connectivity index (χ0) is 17.0. The van der Waals surface area contributed by atoms with Crippen molar-refractivity contribution in [1.82, 2.24) is 0 Å². The number of anilines is 2. The van der Waals surface area contributed by atoms with Crippen LogP contribution in [-0.4, -0.2) is 63.7 Å². The van der Waals surface area contributed by atoms with E-state index in [1.54, 1.807) is 12.1 Å². The van der Waals surface area contributed by atoms with Crippen LogP contribution in [0.4, 0.5) is 11.4 Å². The van der Waals surface area contributed by atoms with E-state index in [1.807, 2.05) is 0 Å². The van der Waals surface area contributed by atoms with Crippen LogP contribution in [-0.2, 0) is 20.2 Å². The van der Waals surface area contributed by atoms with Gasteiger partial charge in [-0.3, -0.25) is 0 Å². The normalized spacial score (nSPS) is 10.9. The summed E-state index contributed by atoms with van der Waals surface area (Å²) < 4.78 is 62.5. The van der Waals surface area contributed by atoms with E-state index < -0.39 is 20.2 Å². The van der Waals surface area contributed by atoms with Gasteiger partial charge in [-0.25, -0.2) is 16.8 Å². The van der Waals surface area contributed by atoms with E-state index in [2.05, 4.69) is 0 Å². The van der Waals surface area contributed by atoms with Gasteiger partial charge in [-0.2, -0.15) is 0 Å². The first-order valence-corrected chi connectivity index (χ1v) is 8.46. The number of benzene rings is 2. The molecule has 0 aromatic heterocycles. The first kappa shape index (κ1) is 22.1. The monoisotopic (exact) mass is 384 g/mol. The van der Waals surface area contributed by atoms with Gasteiger partial charge in [0.25, 0.3) is 0 Å². The van der Waals surface area contributed by atoms with E-state index in [4.69, 9.17) is 11.5 Å². The Bertz CT molecular complexity index is 795. The molecule has 2 rings (SSSR count). The minimum absolute atomic E-state index is 0. The van der Waals surface area contributed by atoms with Gasteiger partial charge in [0.05, 0.1) is 9.79 Å². The molecule has 0 spiro atoms. The van der Waals surface area contributed by atoms with Crippen LogP contribution in [0.1, 0.15) is 0 Å². The quantitative estimate of drug-likeness (QED) is 0.413. The predicted molar refractivity (Wildman–Crippen MR) is 83.4 cm³/mol.